The molecule has 1 aliphatic rings. The van der Waals surface area contributed by atoms with Gasteiger partial charge >= 0.3 is 6.18 Å². The molecule has 0 aromatic heterocycles. The lowest BCUT2D eigenvalue weighted by Crippen LogP contribution is -2.47. The van der Waals surface area contributed by atoms with E-state index in [2.05, 4.69) is 5.32 Å². The van der Waals surface area contributed by atoms with Crippen molar-refractivity contribution in [1.82, 2.24) is 5.32 Å². The van der Waals surface area contributed by atoms with E-state index in [0.717, 1.165) is 10.4 Å². The Morgan fingerprint density at radius 1 is 1.10 bits per heavy atom. The second kappa shape index (κ2) is 9.08. The van der Waals surface area contributed by atoms with Crippen LogP contribution in [0.4, 0.5) is 18.9 Å². The molecule has 0 saturated heterocycles. The van der Waals surface area contributed by atoms with Crippen molar-refractivity contribution < 1.29 is 26.4 Å². The van der Waals surface area contributed by atoms with Gasteiger partial charge in [0.05, 0.1) is 16.5 Å². The van der Waals surface area contributed by atoms with E-state index in [0.29, 0.717) is 23.6 Å². The molecule has 0 radical (unpaired) electrons. The Morgan fingerprint density at radius 2 is 1.77 bits per heavy atom. The standard InChI is InChI=1S/C21H22ClF3N2O3S/c1-27(16-8-5-7-15(22)13-16)31(29,30)17-9-4-6-14(12-17)20(28)26-19-11-3-2-10-18(19)21(23,24)25/h4-9,12-13,18-19H,2-3,10-11H2,1H3,(H,26,28). The molecule has 2 atom stereocenters. The van der Waals surface area contributed by atoms with Crippen molar-refractivity contribution in [2.45, 2.75) is 42.8 Å². The quantitative estimate of drug-likeness (QED) is 0.662. The van der Waals surface area contributed by atoms with Crippen LogP contribution in [0.15, 0.2) is 53.4 Å². The van der Waals surface area contributed by atoms with Gasteiger partial charge in [-0.15, -0.1) is 0 Å². The number of rotatable bonds is 5. The van der Waals surface area contributed by atoms with Gasteiger partial charge in [0.15, 0.2) is 0 Å². The number of halogens is 4. The molecular formula is C21H22ClF3N2O3S. The topological polar surface area (TPSA) is 66.5 Å². The maximum Gasteiger partial charge on any atom is 0.393 e. The van der Waals surface area contributed by atoms with Gasteiger partial charge in [-0.1, -0.05) is 36.6 Å². The van der Waals surface area contributed by atoms with Gasteiger partial charge < -0.3 is 5.32 Å². The summed E-state index contributed by atoms with van der Waals surface area (Å²) < 4.78 is 66.9. The van der Waals surface area contributed by atoms with E-state index in [1.54, 1.807) is 18.2 Å². The molecule has 3 rings (SSSR count). The molecule has 1 N–H and O–H groups in total. The third kappa shape index (κ3) is 5.33. The van der Waals surface area contributed by atoms with Gasteiger partial charge in [-0.25, -0.2) is 8.42 Å². The molecule has 2 aromatic rings. The van der Waals surface area contributed by atoms with E-state index < -0.39 is 34.1 Å². The number of nitrogens with zero attached hydrogens (tertiary/aromatic N) is 1. The Hall–Kier alpha value is -2.26. The fourth-order valence-electron chi connectivity index (χ4n) is 3.71. The number of amides is 1. The summed E-state index contributed by atoms with van der Waals surface area (Å²) in [7, 11) is -2.67. The Kier molecular flexibility index (Phi) is 6.85. The van der Waals surface area contributed by atoms with Crippen LogP contribution in [0.3, 0.4) is 0 Å². The van der Waals surface area contributed by atoms with E-state index in [1.807, 2.05) is 0 Å². The third-order valence-corrected chi connectivity index (χ3v) is 7.45. The Balaban J connectivity index is 1.83. The summed E-state index contributed by atoms with van der Waals surface area (Å²) in [6.45, 7) is 0. The van der Waals surface area contributed by atoms with Crippen LogP contribution in [0, 0.1) is 5.92 Å². The van der Waals surface area contributed by atoms with E-state index in [-0.39, 0.29) is 23.3 Å². The van der Waals surface area contributed by atoms with Crippen LogP contribution in [0.1, 0.15) is 36.0 Å². The number of benzene rings is 2. The van der Waals surface area contributed by atoms with Crippen LogP contribution in [0.2, 0.25) is 5.02 Å². The van der Waals surface area contributed by atoms with Crippen molar-refractivity contribution in [2.24, 2.45) is 5.92 Å². The zero-order valence-corrected chi connectivity index (χ0v) is 18.3. The molecule has 1 saturated carbocycles. The minimum Gasteiger partial charge on any atom is -0.349 e. The molecule has 168 valence electrons. The molecule has 0 aliphatic heterocycles. The summed E-state index contributed by atoms with van der Waals surface area (Å²) in [5.41, 5.74) is 0.310. The fraction of sp³-hybridized carbons (Fsp3) is 0.381. The predicted octanol–water partition coefficient (Wildman–Crippen LogP) is 5.02. The number of carbonyl (C=O) groups is 1. The zero-order chi connectivity index (χ0) is 22.8. The summed E-state index contributed by atoms with van der Waals surface area (Å²) in [5, 5.41) is 2.81. The number of nitrogens with one attached hydrogen (secondary N) is 1. The highest BCUT2D eigenvalue weighted by Crippen LogP contribution is 2.38. The highest BCUT2D eigenvalue weighted by atomic mass is 35.5. The maximum absolute atomic E-state index is 13.3. The summed E-state index contributed by atoms with van der Waals surface area (Å²) >= 11 is 5.93. The molecule has 2 unspecified atom stereocenters. The fourth-order valence-corrected chi connectivity index (χ4v) is 5.13. The second-order valence-electron chi connectivity index (χ2n) is 7.49. The van der Waals surface area contributed by atoms with E-state index in [1.165, 1.54) is 31.3 Å². The number of hydrogen-bond acceptors (Lipinski definition) is 3. The van der Waals surface area contributed by atoms with Gasteiger partial charge in [0.25, 0.3) is 15.9 Å². The van der Waals surface area contributed by atoms with Crippen molar-refractivity contribution in [3.8, 4) is 0 Å². The number of hydrogen-bond donors (Lipinski definition) is 1. The normalized spacial score (nSPS) is 19.6. The number of alkyl halides is 3. The molecule has 31 heavy (non-hydrogen) atoms. The Bertz CT molecular complexity index is 1060. The van der Waals surface area contributed by atoms with Crippen LogP contribution in [-0.2, 0) is 10.0 Å². The van der Waals surface area contributed by atoms with Crippen molar-refractivity contribution in [3.05, 3.63) is 59.1 Å². The largest absolute Gasteiger partial charge is 0.393 e. The summed E-state index contributed by atoms with van der Waals surface area (Å²) in [4.78, 5) is 12.5. The number of sulfonamides is 1. The number of anilines is 1. The first kappa shape index (κ1) is 23.4. The van der Waals surface area contributed by atoms with Crippen LogP contribution >= 0.6 is 11.6 Å². The minimum atomic E-state index is -4.40. The lowest BCUT2D eigenvalue weighted by molar-refractivity contribution is -0.187. The summed E-state index contributed by atoms with van der Waals surface area (Å²) in [6, 6.07) is 10.5. The smallest absolute Gasteiger partial charge is 0.349 e. The van der Waals surface area contributed by atoms with Gasteiger partial charge in [-0.2, -0.15) is 13.2 Å². The van der Waals surface area contributed by atoms with Crippen LogP contribution in [0.25, 0.3) is 0 Å². The zero-order valence-electron chi connectivity index (χ0n) is 16.7. The SMILES string of the molecule is CN(c1cccc(Cl)c1)S(=O)(=O)c1cccc(C(=O)NC2CCCCC2C(F)(F)F)c1. The number of carbonyl (C=O) groups excluding carboxylic acids is 1. The van der Waals surface area contributed by atoms with Gasteiger partial charge in [-0.3, -0.25) is 9.10 Å². The van der Waals surface area contributed by atoms with Crippen molar-refractivity contribution in [1.29, 1.82) is 0 Å². The highest BCUT2D eigenvalue weighted by Gasteiger charge is 2.46. The first-order valence-corrected chi connectivity index (χ1v) is 11.5. The van der Waals surface area contributed by atoms with E-state index >= 15 is 0 Å². The highest BCUT2D eigenvalue weighted by molar-refractivity contribution is 7.92. The van der Waals surface area contributed by atoms with Crippen molar-refractivity contribution >= 4 is 33.2 Å². The molecule has 1 fully saturated rings. The van der Waals surface area contributed by atoms with Crippen molar-refractivity contribution in [3.63, 3.8) is 0 Å². The monoisotopic (exact) mass is 474 g/mol. The van der Waals surface area contributed by atoms with Gasteiger partial charge in [0, 0.05) is 23.7 Å². The van der Waals surface area contributed by atoms with Gasteiger partial charge in [0.1, 0.15) is 0 Å². The maximum atomic E-state index is 13.3. The van der Waals surface area contributed by atoms with Crippen LogP contribution in [0.5, 0.6) is 0 Å². The van der Waals surface area contributed by atoms with E-state index in [9.17, 15) is 26.4 Å². The summed E-state index contributed by atoms with van der Waals surface area (Å²) in [6.07, 6.45) is -3.15. The molecule has 1 amide bonds. The molecule has 2 aromatic carbocycles. The lowest BCUT2D eigenvalue weighted by atomic mass is 9.84. The molecule has 0 heterocycles. The molecule has 5 nitrogen and oxygen atoms in total. The van der Waals surface area contributed by atoms with Crippen LogP contribution < -0.4 is 9.62 Å². The Morgan fingerprint density at radius 3 is 2.45 bits per heavy atom. The second-order valence-corrected chi connectivity index (χ2v) is 9.90. The van der Waals surface area contributed by atoms with E-state index in [4.69, 9.17) is 11.6 Å². The first-order chi connectivity index (χ1) is 14.5. The molecule has 0 bridgehead atoms. The molecular weight excluding hydrogens is 453 g/mol. The first-order valence-electron chi connectivity index (χ1n) is 9.72. The average molecular weight is 475 g/mol. The average Bonchev–Trinajstić information content (AvgIpc) is 2.73. The Labute approximate surface area is 184 Å². The summed E-state index contributed by atoms with van der Waals surface area (Å²) in [5.74, 6) is -2.34. The predicted molar refractivity (Wildman–Crippen MR) is 113 cm³/mol. The van der Waals surface area contributed by atoms with Gasteiger partial charge in [0.2, 0.25) is 0 Å². The minimum absolute atomic E-state index is 0.0212. The lowest BCUT2D eigenvalue weighted by Gasteiger charge is -2.33. The van der Waals surface area contributed by atoms with Crippen molar-refractivity contribution in [2.75, 3.05) is 11.4 Å². The van der Waals surface area contributed by atoms with Gasteiger partial charge in [-0.05, 0) is 49.2 Å². The third-order valence-electron chi connectivity index (χ3n) is 5.43. The molecule has 10 heteroatoms. The molecule has 1 aliphatic carbocycles. The molecule has 0 spiro atoms. The van der Waals surface area contributed by atoms with Crippen LogP contribution in [-0.4, -0.2) is 33.6 Å².